The van der Waals surface area contributed by atoms with Gasteiger partial charge in [0.05, 0.1) is 0 Å². The molecule has 116 valence electrons. The average Bonchev–Trinajstić information content (AvgIpc) is 2.47. The second kappa shape index (κ2) is 7.24. The van der Waals surface area contributed by atoms with E-state index in [4.69, 9.17) is 0 Å². The van der Waals surface area contributed by atoms with Gasteiger partial charge >= 0.3 is 0 Å². The van der Waals surface area contributed by atoms with Crippen molar-refractivity contribution in [3.63, 3.8) is 0 Å². The second-order valence-electron chi connectivity index (χ2n) is 6.71. The molecule has 2 heteroatoms. The Kier molecular flexibility index (Phi) is 5.60. The first-order valence-electron chi connectivity index (χ1n) is 8.17. The largest absolute Gasteiger partial charge is 0.310 e. The van der Waals surface area contributed by atoms with E-state index in [1.54, 1.807) is 0 Å². The van der Waals surface area contributed by atoms with Crippen LogP contribution in [0, 0.1) is 5.92 Å². The van der Waals surface area contributed by atoms with Crippen LogP contribution in [0.1, 0.15) is 32.3 Å². The highest BCUT2D eigenvalue weighted by Crippen LogP contribution is 2.34. The molecule has 21 heavy (non-hydrogen) atoms. The van der Waals surface area contributed by atoms with Gasteiger partial charge in [-0.15, -0.1) is 6.58 Å². The molecule has 1 heterocycles. The summed E-state index contributed by atoms with van der Waals surface area (Å²) in [7, 11) is 2.24. The molecule has 0 amide bonds. The van der Waals surface area contributed by atoms with Gasteiger partial charge in [0.1, 0.15) is 0 Å². The predicted molar refractivity (Wildman–Crippen MR) is 91.6 cm³/mol. The third kappa shape index (κ3) is 3.96. The Morgan fingerprint density at radius 3 is 2.71 bits per heavy atom. The third-order valence-corrected chi connectivity index (χ3v) is 5.16. The normalized spacial score (nSPS) is 30.2. The maximum Gasteiger partial charge on any atom is 0.0268 e. The Morgan fingerprint density at radius 1 is 1.33 bits per heavy atom. The molecule has 2 rings (SSSR count). The number of hydrogen-bond donors (Lipinski definition) is 1. The molecule has 1 saturated heterocycles. The van der Waals surface area contributed by atoms with E-state index in [0.717, 1.165) is 25.9 Å². The van der Waals surface area contributed by atoms with Gasteiger partial charge < -0.3 is 10.2 Å². The van der Waals surface area contributed by atoms with Crippen molar-refractivity contribution in [2.45, 2.75) is 44.7 Å². The molecule has 1 aromatic rings. The van der Waals surface area contributed by atoms with E-state index < -0.39 is 0 Å². The molecule has 0 aromatic heterocycles. The SMILES string of the molecule is C=CC[C@]1(NCCc2ccccc2)C[C@@H](C)N(C)C[C@H]1C. The minimum Gasteiger partial charge on any atom is -0.310 e. The molecule has 0 radical (unpaired) electrons. The fourth-order valence-electron chi connectivity index (χ4n) is 3.63. The van der Waals surface area contributed by atoms with Crippen LogP contribution in [0.3, 0.4) is 0 Å². The lowest BCUT2D eigenvalue weighted by Crippen LogP contribution is -2.60. The molecule has 2 nitrogen and oxygen atoms in total. The van der Waals surface area contributed by atoms with Gasteiger partial charge in [0.25, 0.3) is 0 Å². The summed E-state index contributed by atoms with van der Waals surface area (Å²) in [5.41, 5.74) is 1.62. The van der Waals surface area contributed by atoms with Crippen LogP contribution in [-0.4, -0.2) is 36.6 Å². The number of piperidine rings is 1. The number of benzene rings is 1. The first kappa shape index (κ1) is 16.3. The van der Waals surface area contributed by atoms with E-state index in [0.29, 0.717) is 12.0 Å². The summed E-state index contributed by atoms with van der Waals surface area (Å²) in [6.07, 6.45) is 5.44. The highest BCUT2D eigenvalue weighted by atomic mass is 15.2. The maximum atomic E-state index is 3.99. The summed E-state index contributed by atoms with van der Waals surface area (Å²) in [4.78, 5) is 2.48. The van der Waals surface area contributed by atoms with Crippen molar-refractivity contribution >= 4 is 0 Å². The summed E-state index contributed by atoms with van der Waals surface area (Å²) >= 11 is 0. The molecule has 0 spiro atoms. The molecule has 3 atom stereocenters. The van der Waals surface area contributed by atoms with Gasteiger partial charge in [0.2, 0.25) is 0 Å². The van der Waals surface area contributed by atoms with Crippen molar-refractivity contribution in [3.05, 3.63) is 48.6 Å². The van der Waals surface area contributed by atoms with Crippen LogP contribution >= 0.6 is 0 Å². The van der Waals surface area contributed by atoms with Crippen LogP contribution in [0.2, 0.25) is 0 Å². The van der Waals surface area contributed by atoms with Gasteiger partial charge in [-0.3, -0.25) is 0 Å². The van der Waals surface area contributed by atoms with Crippen LogP contribution in [0.5, 0.6) is 0 Å². The topological polar surface area (TPSA) is 15.3 Å². The molecule has 0 unspecified atom stereocenters. The molecule has 1 fully saturated rings. The Hall–Kier alpha value is -1.12. The Morgan fingerprint density at radius 2 is 2.05 bits per heavy atom. The third-order valence-electron chi connectivity index (χ3n) is 5.16. The van der Waals surface area contributed by atoms with Crippen LogP contribution in [0.25, 0.3) is 0 Å². The summed E-state index contributed by atoms with van der Waals surface area (Å²) < 4.78 is 0. The molecule has 1 aliphatic rings. The smallest absolute Gasteiger partial charge is 0.0268 e. The summed E-state index contributed by atoms with van der Waals surface area (Å²) in [6, 6.07) is 11.4. The van der Waals surface area contributed by atoms with E-state index in [9.17, 15) is 0 Å². The molecule has 1 aromatic carbocycles. The highest BCUT2D eigenvalue weighted by molar-refractivity contribution is 5.15. The number of rotatable bonds is 6. The molecule has 0 aliphatic carbocycles. The first-order chi connectivity index (χ1) is 10.1. The van der Waals surface area contributed by atoms with Crippen LogP contribution in [-0.2, 0) is 6.42 Å². The maximum absolute atomic E-state index is 3.99. The van der Waals surface area contributed by atoms with Gasteiger partial charge in [0, 0.05) is 18.1 Å². The fourth-order valence-corrected chi connectivity index (χ4v) is 3.63. The minimum atomic E-state index is 0.211. The lowest BCUT2D eigenvalue weighted by molar-refractivity contribution is 0.0564. The van der Waals surface area contributed by atoms with Crippen molar-refractivity contribution < 1.29 is 0 Å². The van der Waals surface area contributed by atoms with Gasteiger partial charge in [-0.1, -0.05) is 43.3 Å². The zero-order chi connectivity index (χ0) is 15.3. The summed E-state index contributed by atoms with van der Waals surface area (Å²) in [6.45, 7) is 10.9. The Balaban J connectivity index is 1.99. The quantitative estimate of drug-likeness (QED) is 0.805. The lowest BCUT2D eigenvalue weighted by atomic mass is 9.74. The van der Waals surface area contributed by atoms with Gasteiger partial charge in [0.15, 0.2) is 0 Å². The van der Waals surface area contributed by atoms with Crippen molar-refractivity contribution in [2.75, 3.05) is 20.1 Å². The Bertz CT molecular complexity index is 442. The van der Waals surface area contributed by atoms with Crippen molar-refractivity contribution in [1.29, 1.82) is 0 Å². The minimum absolute atomic E-state index is 0.211. The first-order valence-corrected chi connectivity index (χ1v) is 8.17. The number of nitrogens with zero attached hydrogens (tertiary/aromatic N) is 1. The average molecular weight is 286 g/mol. The van der Waals surface area contributed by atoms with Crippen LogP contribution in [0.15, 0.2) is 43.0 Å². The zero-order valence-electron chi connectivity index (χ0n) is 13.8. The van der Waals surface area contributed by atoms with E-state index in [1.807, 2.05) is 0 Å². The Labute approximate surface area is 130 Å². The van der Waals surface area contributed by atoms with E-state index in [2.05, 4.69) is 74.1 Å². The van der Waals surface area contributed by atoms with Crippen LogP contribution < -0.4 is 5.32 Å². The van der Waals surface area contributed by atoms with Gasteiger partial charge in [-0.25, -0.2) is 0 Å². The fraction of sp³-hybridized carbons (Fsp3) is 0.579. The van der Waals surface area contributed by atoms with Crippen molar-refractivity contribution in [3.8, 4) is 0 Å². The van der Waals surface area contributed by atoms with Crippen molar-refractivity contribution in [1.82, 2.24) is 10.2 Å². The van der Waals surface area contributed by atoms with Gasteiger partial charge in [-0.05, 0) is 51.3 Å². The van der Waals surface area contributed by atoms with E-state index in [-0.39, 0.29) is 5.54 Å². The van der Waals surface area contributed by atoms with Crippen molar-refractivity contribution in [2.24, 2.45) is 5.92 Å². The van der Waals surface area contributed by atoms with E-state index >= 15 is 0 Å². The predicted octanol–water partition coefficient (Wildman–Crippen LogP) is 3.49. The number of nitrogens with one attached hydrogen (secondary N) is 1. The monoisotopic (exact) mass is 286 g/mol. The molecular formula is C19H30N2. The van der Waals surface area contributed by atoms with Gasteiger partial charge in [-0.2, -0.15) is 0 Å². The summed E-state index contributed by atoms with van der Waals surface area (Å²) in [5.74, 6) is 0.646. The molecule has 1 aliphatic heterocycles. The summed E-state index contributed by atoms with van der Waals surface area (Å²) in [5, 5.41) is 3.89. The molecule has 0 bridgehead atoms. The standard InChI is InChI=1S/C19H30N2/c1-5-12-19(14-17(3)21(4)15-16(19)2)20-13-11-18-9-7-6-8-10-18/h5-10,16-17,20H,1,11-15H2,2-4H3/t16-,17-,19+/m1/s1. The van der Waals surface area contributed by atoms with Crippen LogP contribution in [0.4, 0.5) is 0 Å². The lowest BCUT2D eigenvalue weighted by Gasteiger charge is -2.49. The zero-order valence-corrected chi connectivity index (χ0v) is 13.8. The molecule has 0 saturated carbocycles. The number of hydrogen-bond acceptors (Lipinski definition) is 2. The van der Waals surface area contributed by atoms with E-state index in [1.165, 1.54) is 12.0 Å². The highest BCUT2D eigenvalue weighted by Gasteiger charge is 2.41. The molecule has 1 N–H and O–H groups in total. The molecular weight excluding hydrogens is 256 g/mol. The second-order valence-corrected chi connectivity index (χ2v) is 6.71. The number of likely N-dealkylation sites (tertiary alicyclic amines) is 1.